The molecule has 4 aromatic carbocycles. The van der Waals surface area contributed by atoms with Crippen LogP contribution >= 0.6 is 0 Å². The normalized spacial score (nSPS) is 12.6. The van der Waals surface area contributed by atoms with E-state index >= 15 is 0 Å². The summed E-state index contributed by atoms with van der Waals surface area (Å²) >= 11 is 0. The third kappa shape index (κ3) is 5.88. The van der Waals surface area contributed by atoms with E-state index in [-0.39, 0.29) is 18.9 Å². The zero-order valence-electron chi connectivity index (χ0n) is 21.5. The van der Waals surface area contributed by atoms with Crippen LogP contribution in [0.4, 0.5) is 4.79 Å². The number of alkyl carbamates (subject to hydrolysis) is 1. The topological polar surface area (TPSA) is 94.1 Å². The Morgan fingerprint density at radius 3 is 2.10 bits per heavy atom. The van der Waals surface area contributed by atoms with E-state index in [0.29, 0.717) is 23.7 Å². The minimum atomic E-state index is -1.18. The molecule has 0 aliphatic heterocycles. The summed E-state index contributed by atoms with van der Waals surface area (Å²) in [5.41, 5.74) is 6.10. The molecular formula is C32H29NO6. The summed E-state index contributed by atoms with van der Waals surface area (Å²) < 4.78 is 16.9. The first kappa shape index (κ1) is 25.9. The lowest BCUT2D eigenvalue weighted by Crippen LogP contribution is -2.42. The minimum absolute atomic E-state index is 0.0505. The van der Waals surface area contributed by atoms with E-state index in [1.54, 1.807) is 18.2 Å². The molecule has 198 valence electrons. The van der Waals surface area contributed by atoms with Crippen molar-refractivity contribution in [2.45, 2.75) is 25.0 Å². The number of carboxylic acid groups (broad SMARTS) is 1. The SMILES string of the molecule is COc1cc(CC(NC(=O)OCC2c3ccccc3-c3ccccc32)C(=O)O)ccc1OCc1ccccc1. The van der Waals surface area contributed by atoms with Gasteiger partial charge in [0.25, 0.3) is 0 Å². The number of amides is 1. The molecule has 1 aliphatic rings. The molecule has 7 heteroatoms. The fraction of sp³-hybridized carbons (Fsp3) is 0.188. The Morgan fingerprint density at radius 2 is 1.46 bits per heavy atom. The van der Waals surface area contributed by atoms with Gasteiger partial charge in [0.05, 0.1) is 7.11 Å². The van der Waals surface area contributed by atoms with Crippen LogP contribution in [-0.4, -0.2) is 36.9 Å². The molecule has 2 N–H and O–H groups in total. The molecule has 4 aromatic rings. The number of benzene rings is 4. The molecule has 0 heterocycles. The van der Waals surface area contributed by atoms with Crippen molar-refractivity contribution < 1.29 is 28.9 Å². The molecule has 0 spiro atoms. The zero-order valence-corrected chi connectivity index (χ0v) is 21.5. The monoisotopic (exact) mass is 523 g/mol. The fourth-order valence-corrected chi connectivity index (χ4v) is 4.91. The molecule has 0 bridgehead atoms. The molecule has 39 heavy (non-hydrogen) atoms. The van der Waals surface area contributed by atoms with Crippen molar-refractivity contribution in [2.75, 3.05) is 13.7 Å². The van der Waals surface area contributed by atoms with Gasteiger partial charge in [-0.15, -0.1) is 0 Å². The number of hydrogen-bond acceptors (Lipinski definition) is 5. The van der Waals surface area contributed by atoms with E-state index in [1.165, 1.54) is 7.11 Å². The number of methoxy groups -OCH3 is 1. The number of carboxylic acids is 1. The van der Waals surface area contributed by atoms with Crippen molar-refractivity contribution in [1.29, 1.82) is 0 Å². The molecule has 1 unspecified atom stereocenters. The van der Waals surface area contributed by atoms with Crippen molar-refractivity contribution in [3.8, 4) is 22.6 Å². The molecule has 7 nitrogen and oxygen atoms in total. The summed E-state index contributed by atoms with van der Waals surface area (Å²) in [5, 5.41) is 12.3. The molecule has 5 rings (SSSR count). The lowest BCUT2D eigenvalue weighted by molar-refractivity contribution is -0.139. The zero-order chi connectivity index (χ0) is 27.2. The predicted molar refractivity (Wildman–Crippen MR) is 147 cm³/mol. The molecule has 1 aliphatic carbocycles. The standard InChI is InChI=1S/C32H29NO6/c1-37-30-18-22(15-16-29(30)38-19-21-9-3-2-4-10-21)17-28(31(34)35)33-32(36)39-20-27-25-13-7-5-11-23(25)24-12-6-8-14-26(24)27/h2-16,18,27-28H,17,19-20H2,1H3,(H,33,36)(H,34,35). The van der Waals surface area contributed by atoms with Gasteiger partial charge in [-0.25, -0.2) is 9.59 Å². The van der Waals surface area contributed by atoms with Crippen LogP contribution in [0.15, 0.2) is 97.1 Å². The van der Waals surface area contributed by atoms with Gasteiger partial charge in [0.2, 0.25) is 0 Å². The van der Waals surface area contributed by atoms with E-state index in [0.717, 1.165) is 27.8 Å². The van der Waals surface area contributed by atoms with E-state index < -0.39 is 18.1 Å². The first-order chi connectivity index (χ1) is 19.0. The van der Waals surface area contributed by atoms with Crippen LogP contribution in [-0.2, 0) is 22.6 Å². The highest BCUT2D eigenvalue weighted by molar-refractivity contribution is 5.81. The average molecular weight is 524 g/mol. The van der Waals surface area contributed by atoms with Crippen molar-refractivity contribution in [2.24, 2.45) is 0 Å². The smallest absolute Gasteiger partial charge is 0.407 e. The van der Waals surface area contributed by atoms with Gasteiger partial charge < -0.3 is 24.6 Å². The van der Waals surface area contributed by atoms with Crippen LogP contribution in [0.1, 0.15) is 28.2 Å². The van der Waals surface area contributed by atoms with Crippen LogP contribution in [0.25, 0.3) is 11.1 Å². The van der Waals surface area contributed by atoms with Gasteiger partial charge in [-0.05, 0) is 45.5 Å². The fourth-order valence-electron chi connectivity index (χ4n) is 4.91. The highest BCUT2D eigenvalue weighted by Crippen LogP contribution is 2.44. The largest absolute Gasteiger partial charge is 0.493 e. The van der Waals surface area contributed by atoms with Crippen LogP contribution < -0.4 is 14.8 Å². The maximum absolute atomic E-state index is 12.7. The molecular weight excluding hydrogens is 494 g/mol. The molecule has 0 saturated carbocycles. The summed E-state index contributed by atoms with van der Waals surface area (Å²) in [6.45, 7) is 0.477. The van der Waals surface area contributed by atoms with E-state index in [4.69, 9.17) is 14.2 Å². The second kappa shape index (κ2) is 11.7. The van der Waals surface area contributed by atoms with E-state index in [1.807, 2.05) is 66.7 Å². The third-order valence-corrected chi connectivity index (χ3v) is 6.84. The van der Waals surface area contributed by atoms with Gasteiger partial charge in [0, 0.05) is 12.3 Å². The lowest BCUT2D eigenvalue weighted by atomic mass is 9.98. The van der Waals surface area contributed by atoms with Crippen molar-refractivity contribution >= 4 is 12.1 Å². The summed E-state index contributed by atoms with van der Waals surface area (Å²) in [7, 11) is 1.53. The lowest BCUT2D eigenvalue weighted by Gasteiger charge is -2.18. The van der Waals surface area contributed by atoms with Gasteiger partial charge in [-0.1, -0.05) is 84.9 Å². The summed E-state index contributed by atoms with van der Waals surface area (Å²) in [6, 6.07) is 29.9. The van der Waals surface area contributed by atoms with Crippen LogP contribution in [0.2, 0.25) is 0 Å². The highest BCUT2D eigenvalue weighted by Gasteiger charge is 2.30. The average Bonchev–Trinajstić information content (AvgIpc) is 3.29. The first-order valence-electron chi connectivity index (χ1n) is 12.7. The van der Waals surface area contributed by atoms with Gasteiger partial charge in [0.15, 0.2) is 11.5 Å². The second-order valence-corrected chi connectivity index (χ2v) is 9.32. The van der Waals surface area contributed by atoms with Crippen LogP contribution in [0.3, 0.4) is 0 Å². The number of rotatable bonds is 10. The molecule has 0 radical (unpaired) electrons. The highest BCUT2D eigenvalue weighted by atomic mass is 16.5. The molecule has 1 atom stereocenters. The minimum Gasteiger partial charge on any atom is -0.493 e. The number of carbonyl (C=O) groups excluding carboxylic acids is 1. The number of hydrogen-bond donors (Lipinski definition) is 2. The maximum atomic E-state index is 12.7. The molecule has 0 fully saturated rings. The first-order valence-corrected chi connectivity index (χ1v) is 12.7. The summed E-state index contributed by atoms with van der Waals surface area (Å²) in [4.78, 5) is 24.7. The van der Waals surface area contributed by atoms with Crippen LogP contribution in [0, 0.1) is 0 Å². The summed E-state index contributed by atoms with van der Waals surface area (Å²) in [6.07, 6.45) is -0.728. The Kier molecular flexibility index (Phi) is 7.78. The van der Waals surface area contributed by atoms with E-state index in [9.17, 15) is 14.7 Å². The number of fused-ring (bicyclic) bond motifs is 3. The van der Waals surface area contributed by atoms with Crippen LogP contribution in [0.5, 0.6) is 11.5 Å². The van der Waals surface area contributed by atoms with Crippen molar-refractivity contribution in [3.63, 3.8) is 0 Å². The van der Waals surface area contributed by atoms with E-state index in [2.05, 4.69) is 17.4 Å². The Morgan fingerprint density at radius 1 is 0.821 bits per heavy atom. The molecule has 1 amide bonds. The summed E-state index contributed by atoms with van der Waals surface area (Å²) in [5.74, 6) is -0.249. The molecule has 0 aromatic heterocycles. The Balaban J connectivity index is 1.21. The Labute approximate surface area is 227 Å². The third-order valence-electron chi connectivity index (χ3n) is 6.84. The Bertz CT molecular complexity index is 1420. The Hall–Kier alpha value is -4.78. The van der Waals surface area contributed by atoms with Gasteiger partial charge >= 0.3 is 12.1 Å². The quantitative estimate of drug-likeness (QED) is 0.273. The van der Waals surface area contributed by atoms with Crippen molar-refractivity contribution in [1.82, 2.24) is 5.32 Å². The van der Waals surface area contributed by atoms with Crippen molar-refractivity contribution in [3.05, 3.63) is 119 Å². The molecule has 0 saturated heterocycles. The second-order valence-electron chi connectivity index (χ2n) is 9.32. The number of aliphatic carboxylic acids is 1. The van der Waals surface area contributed by atoms with Gasteiger partial charge in [-0.3, -0.25) is 0 Å². The maximum Gasteiger partial charge on any atom is 0.407 e. The number of ether oxygens (including phenoxy) is 3. The predicted octanol–water partition coefficient (Wildman–Crippen LogP) is 5.81. The van der Waals surface area contributed by atoms with Gasteiger partial charge in [0.1, 0.15) is 19.3 Å². The van der Waals surface area contributed by atoms with Gasteiger partial charge in [-0.2, -0.15) is 0 Å². The number of nitrogens with one attached hydrogen (secondary N) is 1. The number of carbonyl (C=O) groups is 2.